The van der Waals surface area contributed by atoms with Gasteiger partial charge in [0.25, 0.3) is 0 Å². The first kappa shape index (κ1) is 11.6. The van der Waals surface area contributed by atoms with Crippen LogP contribution in [0, 0.1) is 0 Å². The summed E-state index contributed by atoms with van der Waals surface area (Å²) in [5.74, 6) is -0.913. The Bertz CT molecular complexity index is 532. The third-order valence-electron chi connectivity index (χ3n) is 2.30. The molecule has 2 rings (SSSR count). The number of nitrogens with zero attached hydrogens (tertiary/aromatic N) is 2. The summed E-state index contributed by atoms with van der Waals surface area (Å²) in [6.45, 7) is 0. The molecule has 0 radical (unpaired) electrons. The summed E-state index contributed by atoms with van der Waals surface area (Å²) in [6, 6.07) is 6.73. The highest BCUT2D eigenvalue weighted by Crippen LogP contribution is 2.26. The van der Waals surface area contributed by atoms with E-state index in [1.165, 1.54) is 0 Å². The van der Waals surface area contributed by atoms with E-state index >= 15 is 0 Å². The zero-order valence-corrected chi connectivity index (χ0v) is 10.4. The second kappa shape index (κ2) is 4.55. The van der Waals surface area contributed by atoms with Crippen molar-refractivity contribution in [1.29, 1.82) is 0 Å². The lowest BCUT2D eigenvalue weighted by Crippen LogP contribution is -2.07. The predicted molar refractivity (Wildman–Crippen MR) is 68.8 cm³/mol. The van der Waals surface area contributed by atoms with Crippen molar-refractivity contribution in [3.05, 3.63) is 35.2 Å². The van der Waals surface area contributed by atoms with Gasteiger partial charge in [-0.15, -0.1) is 11.3 Å². The minimum absolute atomic E-state index is 0.289. The van der Waals surface area contributed by atoms with Gasteiger partial charge in [-0.2, -0.15) is 0 Å². The molecule has 0 aliphatic rings. The number of carboxylic acid groups (broad SMARTS) is 1. The van der Waals surface area contributed by atoms with Crippen molar-refractivity contribution in [3.8, 4) is 11.3 Å². The number of benzene rings is 1. The lowest BCUT2D eigenvalue weighted by atomic mass is 10.1. The highest BCUT2D eigenvalue weighted by atomic mass is 32.1. The molecule has 2 aromatic rings. The number of rotatable bonds is 3. The van der Waals surface area contributed by atoms with Crippen molar-refractivity contribution in [2.75, 3.05) is 19.0 Å². The molecule has 1 aromatic heterocycles. The van der Waals surface area contributed by atoms with Crippen molar-refractivity contribution in [2.24, 2.45) is 0 Å². The first-order valence-corrected chi connectivity index (χ1v) is 5.92. The molecular formula is C12H12N2O2S. The molecule has 17 heavy (non-hydrogen) atoms. The van der Waals surface area contributed by atoms with Crippen LogP contribution in [0.3, 0.4) is 0 Å². The van der Waals surface area contributed by atoms with E-state index in [2.05, 4.69) is 4.98 Å². The zero-order valence-electron chi connectivity index (χ0n) is 9.54. The summed E-state index contributed by atoms with van der Waals surface area (Å²) in [7, 11) is 3.88. The van der Waals surface area contributed by atoms with Crippen LogP contribution in [0.15, 0.2) is 29.6 Å². The Labute approximate surface area is 103 Å². The summed E-state index contributed by atoms with van der Waals surface area (Å²) >= 11 is 1.56. The predicted octanol–water partition coefficient (Wildman–Crippen LogP) is 2.57. The molecule has 1 aromatic carbocycles. The second-order valence-electron chi connectivity index (χ2n) is 3.79. The molecule has 1 N–H and O–H groups in total. The van der Waals surface area contributed by atoms with E-state index in [-0.39, 0.29) is 5.56 Å². The first-order valence-electron chi connectivity index (χ1n) is 5.04. The molecule has 0 aliphatic heterocycles. The van der Waals surface area contributed by atoms with Crippen LogP contribution in [0.1, 0.15) is 10.4 Å². The maximum Gasteiger partial charge on any atom is 0.335 e. The van der Waals surface area contributed by atoms with Gasteiger partial charge in [-0.3, -0.25) is 0 Å². The molecule has 0 saturated carbocycles. The average molecular weight is 248 g/mol. The fraction of sp³-hybridized carbons (Fsp3) is 0.167. The Morgan fingerprint density at radius 2 is 1.94 bits per heavy atom. The quantitative estimate of drug-likeness (QED) is 0.907. The summed E-state index contributed by atoms with van der Waals surface area (Å²) in [4.78, 5) is 17.1. The lowest BCUT2D eigenvalue weighted by Gasteiger charge is -2.05. The van der Waals surface area contributed by atoms with Gasteiger partial charge in [-0.25, -0.2) is 9.78 Å². The third kappa shape index (κ3) is 2.45. The molecular weight excluding hydrogens is 236 g/mol. The van der Waals surface area contributed by atoms with Crippen LogP contribution in [-0.4, -0.2) is 30.2 Å². The van der Waals surface area contributed by atoms with Crippen LogP contribution in [-0.2, 0) is 0 Å². The van der Waals surface area contributed by atoms with Crippen LogP contribution in [0.5, 0.6) is 0 Å². The molecule has 4 nitrogen and oxygen atoms in total. The number of thiazole rings is 1. The monoisotopic (exact) mass is 248 g/mol. The van der Waals surface area contributed by atoms with Gasteiger partial charge in [0.05, 0.1) is 11.3 Å². The highest BCUT2D eigenvalue weighted by Gasteiger charge is 2.07. The minimum Gasteiger partial charge on any atom is -0.478 e. The van der Waals surface area contributed by atoms with Crippen LogP contribution >= 0.6 is 11.3 Å². The molecule has 0 saturated heterocycles. The number of carboxylic acids is 1. The maximum atomic E-state index is 10.7. The normalized spacial score (nSPS) is 10.2. The van der Waals surface area contributed by atoms with Gasteiger partial charge in [-0.1, -0.05) is 12.1 Å². The average Bonchev–Trinajstić information content (AvgIpc) is 2.78. The number of hydrogen-bond acceptors (Lipinski definition) is 4. The van der Waals surface area contributed by atoms with E-state index in [0.717, 1.165) is 16.4 Å². The topological polar surface area (TPSA) is 53.4 Å². The maximum absolute atomic E-state index is 10.7. The van der Waals surface area contributed by atoms with Crippen molar-refractivity contribution < 1.29 is 9.90 Å². The van der Waals surface area contributed by atoms with Crippen LogP contribution in [0.2, 0.25) is 0 Å². The van der Waals surface area contributed by atoms with Crippen molar-refractivity contribution in [1.82, 2.24) is 4.98 Å². The van der Waals surface area contributed by atoms with E-state index in [9.17, 15) is 4.79 Å². The smallest absolute Gasteiger partial charge is 0.335 e. The van der Waals surface area contributed by atoms with E-state index in [1.54, 1.807) is 35.6 Å². The molecule has 0 amide bonds. The summed E-state index contributed by atoms with van der Waals surface area (Å²) in [5, 5.41) is 11.7. The van der Waals surface area contributed by atoms with Gasteiger partial charge in [0, 0.05) is 25.0 Å². The van der Waals surface area contributed by atoms with E-state index in [4.69, 9.17) is 5.11 Å². The summed E-state index contributed by atoms with van der Waals surface area (Å²) in [5.41, 5.74) is 2.09. The highest BCUT2D eigenvalue weighted by molar-refractivity contribution is 7.14. The standard InChI is InChI=1S/C12H12N2O2S/c1-14(2)12-13-10(7-17-12)8-3-5-9(6-4-8)11(15)16/h3-7H,1-2H3,(H,15,16). The van der Waals surface area contributed by atoms with Gasteiger partial charge >= 0.3 is 5.97 Å². The Kier molecular flexibility index (Phi) is 3.10. The first-order chi connectivity index (χ1) is 8.08. The zero-order chi connectivity index (χ0) is 12.4. The Morgan fingerprint density at radius 1 is 1.29 bits per heavy atom. The van der Waals surface area contributed by atoms with E-state index in [1.807, 2.05) is 24.4 Å². The number of carbonyl (C=O) groups is 1. The minimum atomic E-state index is -0.913. The molecule has 0 aliphatic carbocycles. The van der Waals surface area contributed by atoms with Gasteiger partial charge < -0.3 is 10.0 Å². The Hall–Kier alpha value is -1.88. The van der Waals surface area contributed by atoms with Crippen LogP contribution in [0.4, 0.5) is 5.13 Å². The van der Waals surface area contributed by atoms with Gasteiger partial charge in [0.1, 0.15) is 0 Å². The van der Waals surface area contributed by atoms with Gasteiger partial charge in [0.2, 0.25) is 0 Å². The van der Waals surface area contributed by atoms with Gasteiger partial charge in [-0.05, 0) is 12.1 Å². The summed E-state index contributed by atoms with van der Waals surface area (Å²) in [6.07, 6.45) is 0. The van der Waals surface area contributed by atoms with E-state index < -0.39 is 5.97 Å². The van der Waals surface area contributed by atoms with Gasteiger partial charge in [0.15, 0.2) is 5.13 Å². The van der Waals surface area contributed by atoms with Crippen molar-refractivity contribution in [2.45, 2.75) is 0 Å². The molecule has 88 valence electrons. The molecule has 1 heterocycles. The Morgan fingerprint density at radius 3 is 2.41 bits per heavy atom. The molecule has 5 heteroatoms. The third-order valence-corrected chi connectivity index (χ3v) is 3.31. The largest absolute Gasteiger partial charge is 0.478 e. The summed E-state index contributed by atoms with van der Waals surface area (Å²) < 4.78 is 0. The molecule has 0 unspecified atom stereocenters. The molecule has 0 atom stereocenters. The molecule has 0 bridgehead atoms. The second-order valence-corrected chi connectivity index (χ2v) is 4.63. The fourth-order valence-electron chi connectivity index (χ4n) is 1.39. The number of aromatic nitrogens is 1. The van der Waals surface area contributed by atoms with Crippen molar-refractivity contribution in [3.63, 3.8) is 0 Å². The molecule has 0 spiro atoms. The van der Waals surface area contributed by atoms with Crippen molar-refractivity contribution >= 4 is 22.4 Å². The van der Waals surface area contributed by atoms with Crippen LogP contribution in [0.25, 0.3) is 11.3 Å². The Balaban J connectivity index is 2.30. The number of anilines is 1. The fourth-order valence-corrected chi connectivity index (χ4v) is 2.15. The van der Waals surface area contributed by atoms with Crippen LogP contribution < -0.4 is 4.90 Å². The lowest BCUT2D eigenvalue weighted by molar-refractivity contribution is 0.0697. The van der Waals surface area contributed by atoms with E-state index in [0.29, 0.717) is 0 Å². The number of aromatic carboxylic acids is 1. The molecule has 0 fully saturated rings. The SMILES string of the molecule is CN(C)c1nc(-c2ccc(C(=O)O)cc2)cs1. The number of hydrogen-bond donors (Lipinski definition) is 1.